The molecule has 4 nitrogen and oxygen atoms in total. The van der Waals surface area contributed by atoms with E-state index in [1.54, 1.807) is 55.5 Å². The Morgan fingerprint density at radius 3 is 2.14 bits per heavy atom. The molecule has 0 saturated heterocycles. The highest BCUT2D eigenvalue weighted by Crippen LogP contribution is 2.22. The molecular formula is C17H15NO3. The summed E-state index contributed by atoms with van der Waals surface area (Å²) in [6, 6.07) is 15.7. The van der Waals surface area contributed by atoms with Gasteiger partial charge in [0, 0.05) is 0 Å². The molecular weight excluding hydrogens is 266 g/mol. The first-order chi connectivity index (χ1) is 10.1. The number of nitriles is 1. The maximum absolute atomic E-state index is 11.9. The molecule has 0 heterocycles. The lowest BCUT2D eigenvalue weighted by molar-refractivity contribution is 0.0401. The molecule has 0 aromatic heterocycles. The van der Waals surface area contributed by atoms with Gasteiger partial charge >= 0.3 is 5.97 Å². The van der Waals surface area contributed by atoms with Gasteiger partial charge in [-0.3, -0.25) is 0 Å². The van der Waals surface area contributed by atoms with E-state index in [0.29, 0.717) is 12.0 Å². The molecule has 0 aliphatic heterocycles. The number of carbonyl (C=O) groups is 1. The summed E-state index contributed by atoms with van der Waals surface area (Å²) in [6.45, 7) is 1.79. The van der Waals surface area contributed by atoms with Gasteiger partial charge in [0.05, 0.1) is 5.56 Å². The minimum Gasteiger partial charge on any atom is -0.508 e. The van der Waals surface area contributed by atoms with Crippen molar-refractivity contribution in [2.45, 2.75) is 19.4 Å². The Balaban J connectivity index is 2.13. The van der Waals surface area contributed by atoms with Crippen LogP contribution in [-0.4, -0.2) is 17.2 Å². The molecule has 4 heteroatoms. The minimum atomic E-state index is -0.714. The summed E-state index contributed by atoms with van der Waals surface area (Å²) in [6.07, 6.45) is -0.248. The van der Waals surface area contributed by atoms with Gasteiger partial charge in [-0.05, 0) is 41.8 Å². The zero-order chi connectivity index (χ0) is 15.2. The standard InChI is InChI=1S/C17H15NO3/c1-2-16(11-18)21-17(20)14-5-3-12(4-6-14)13-7-9-15(19)10-8-13/h3-10,16,19H,2H2,1H3. The summed E-state index contributed by atoms with van der Waals surface area (Å²) in [5.41, 5.74) is 2.28. The topological polar surface area (TPSA) is 70.3 Å². The lowest BCUT2D eigenvalue weighted by Crippen LogP contribution is -2.15. The Morgan fingerprint density at radius 2 is 1.67 bits per heavy atom. The van der Waals surface area contributed by atoms with Gasteiger partial charge in [0.1, 0.15) is 11.8 Å². The number of esters is 1. The zero-order valence-electron chi connectivity index (χ0n) is 11.6. The Morgan fingerprint density at radius 1 is 1.14 bits per heavy atom. The van der Waals surface area contributed by atoms with E-state index in [2.05, 4.69) is 0 Å². The van der Waals surface area contributed by atoms with Crippen LogP contribution < -0.4 is 0 Å². The fraction of sp³-hybridized carbons (Fsp3) is 0.176. The van der Waals surface area contributed by atoms with Crippen LogP contribution in [0.2, 0.25) is 0 Å². The van der Waals surface area contributed by atoms with E-state index in [1.165, 1.54) is 0 Å². The molecule has 0 spiro atoms. The van der Waals surface area contributed by atoms with Crippen molar-refractivity contribution in [2.75, 3.05) is 0 Å². The molecule has 0 aliphatic rings. The van der Waals surface area contributed by atoms with E-state index >= 15 is 0 Å². The predicted octanol–water partition coefficient (Wildman–Crippen LogP) is 3.52. The van der Waals surface area contributed by atoms with Crippen LogP contribution in [0.15, 0.2) is 48.5 Å². The molecule has 2 aromatic rings. The number of hydrogen-bond acceptors (Lipinski definition) is 4. The summed E-state index contributed by atoms with van der Waals surface area (Å²) < 4.78 is 5.06. The summed E-state index contributed by atoms with van der Waals surface area (Å²) >= 11 is 0. The van der Waals surface area contributed by atoms with Crippen molar-refractivity contribution in [3.05, 3.63) is 54.1 Å². The van der Waals surface area contributed by atoms with Gasteiger partial charge in [-0.15, -0.1) is 0 Å². The molecule has 0 bridgehead atoms. The Kier molecular flexibility index (Phi) is 4.57. The summed E-state index contributed by atoms with van der Waals surface area (Å²) in [5.74, 6) is -0.290. The van der Waals surface area contributed by atoms with Gasteiger partial charge in [0.2, 0.25) is 0 Å². The highest BCUT2D eigenvalue weighted by molar-refractivity contribution is 5.90. The van der Waals surface area contributed by atoms with Crippen molar-refractivity contribution in [3.63, 3.8) is 0 Å². The summed E-state index contributed by atoms with van der Waals surface area (Å²) in [7, 11) is 0. The van der Waals surface area contributed by atoms with Crippen LogP contribution >= 0.6 is 0 Å². The van der Waals surface area contributed by atoms with Crippen LogP contribution in [0.4, 0.5) is 0 Å². The second kappa shape index (κ2) is 6.58. The van der Waals surface area contributed by atoms with Crippen molar-refractivity contribution in [1.82, 2.24) is 0 Å². The van der Waals surface area contributed by atoms with E-state index in [9.17, 15) is 9.90 Å². The number of benzene rings is 2. The maximum Gasteiger partial charge on any atom is 0.339 e. The smallest absolute Gasteiger partial charge is 0.339 e. The largest absolute Gasteiger partial charge is 0.508 e. The number of aromatic hydroxyl groups is 1. The van der Waals surface area contributed by atoms with E-state index < -0.39 is 12.1 Å². The molecule has 0 fully saturated rings. The molecule has 2 aromatic carbocycles. The first-order valence-electron chi connectivity index (χ1n) is 6.64. The van der Waals surface area contributed by atoms with Crippen LogP contribution in [0.5, 0.6) is 5.75 Å². The van der Waals surface area contributed by atoms with Gasteiger partial charge in [-0.2, -0.15) is 5.26 Å². The maximum atomic E-state index is 11.9. The molecule has 21 heavy (non-hydrogen) atoms. The number of nitrogens with zero attached hydrogens (tertiary/aromatic N) is 1. The van der Waals surface area contributed by atoms with E-state index in [4.69, 9.17) is 10.00 Å². The third-order valence-corrected chi connectivity index (χ3v) is 3.09. The Hall–Kier alpha value is -2.80. The number of carbonyl (C=O) groups excluding carboxylic acids is 1. The van der Waals surface area contributed by atoms with Gasteiger partial charge in [-0.25, -0.2) is 4.79 Å². The molecule has 106 valence electrons. The first-order valence-corrected chi connectivity index (χ1v) is 6.64. The molecule has 2 rings (SSSR count). The molecule has 0 amide bonds. The van der Waals surface area contributed by atoms with Gasteiger partial charge < -0.3 is 9.84 Å². The summed E-state index contributed by atoms with van der Waals surface area (Å²) in [5, 5.41) is 18.1. The van der Waals surface area contributed by atoms with Crippen LogP contribution in [0.25, 0.3) is 11.1 Å². The predicted molar refractivity (Wildman–Crippen MR) is 78.7 cm³/mol. The highest BCUT2D eigenvalue weighted by atomic mass is 16.5. The van der Waals surface area contributed by atoms with Crippen LogP contribution in [0, 0.1) is 11.3 Å². The average Bonchev–Trinajstić information content (AvgIpc) is 2.53. The lowest BCUT2D eigenvalue weighted by atomic mass is 10.0. The monoisotopic (exact) mass is 281 g/mol. The fourth-order valence-electron chi connectivity index (χ4n) is 1.85. The van der Waals surface area contributed by atoms with Crippen molar-refractivity contribution in [2.24, 2.45) is 0 Å². The normalized spacial score (nSPS) is 11.4. The minimum absolute atomic E-state index is 0.209. The SMILES string of the molecule is CCC(C#N)OC(=O)c1ccc(-c2ccc(O)cc2)cc1. The molecule has 0 saturated carbocycles. The summed E-state index contributed by atoms with van der Waals surface area (Å²) in [4.78, 5) is 11.9. The quantitative estimate of drug-likeness (QED) is 0.870. The highest BCUT2D eigenvalue weighted by Gasteiger charge is 2.13. The number of hydrogen-bond donors (Lipinski definition) is 1. The van der Waals surface area contributed by atoms with Crippen molar-refractivity contribution >= 4 is 5.97 Å². The zero-order valence-corrected chi connectivity index (χ0v) is 11.6. The average molecular weight is 281 g/mol. The van der Waals surface area contributed by atoms with Crippen molar-refractivity contribution in [3.8, 4) is 22.9 Å². The number of phenols is 1. The second-order valence-corrected chi connectivity index (χ2v) is 4.56. The van der Waals surface area contributed by atoms with Crippen LogP contribution in [0.1, 0.15) is 23.7 Å². The van der Waals surface area contributed by atoms with Crippen LogP contribution in [-0.2, 0) is 4.74 Å². The van der Waals surface area contributed by atoms with Crippen molar-refractivity contribution < 1.29 is 14.6 Å². The van der Waals surface area contributed by atoms with Crippen LogP contribution in [0.3, 0.4) is 0 Å². The van der Waals surface area contributed by atoms with Gasteiger partial charge in [0.15, 0.2) is 6.10 Å². The van der Waals surface area contributed by atoms with Gasteiger partial charge in [0.25, 0.3) is 0 Å². The van der Waals surface area contributed by atoms with Gasteiger partial charge in [-0.1, -0.05) is 31.2 Å². The third kappa shape index (κ3) is 3.61. The Labute approximate surface area is 123 Å². The Bertz CT molecular complexity index is 654. The van der Waals surface area contributed by atoms with E-state index in [0.717, 1.165) is 11.1 Å². The molecule has 1 unspecified atom stereocenters. The second-order valence-electron chi connectivity index (χ2n) is 4.56. The van der Waals surface area contributed by atoms with E-state index in [-0.39, 0.29) is 5.75 Å². The van der Waals surface area contributed by atoms with E-state index in [1.807, 2.05) is 6.07 Å². The molecule has 0 aliphatic carbocycles. The number of phenolic OH excluding ortho intramolecular Hbond substituents is 1. The fourth-order valence-corrected chi connectivity index (χ4v) is 1.85. The van der Waals surface area contributed by atoms with Crippen molar-refractivity contribution in [1.29, 1.82) is 5.26 Å². The lowest BCUT2D eigenvalue weighted by Gasteiger charge is -2.09. The molecule has 1 N–H and O–H groups in total. The first kappa shape index (κ1) is 14.6. The molecule has 0 radical (unpaired) electrons. The third-order valence-electron chi connectivity index (χ3n) is 3.09. The number of rotatable bonds is 4. The molecule has 1 atom stereocenters. The number of ether oxygens (including phenoxy) is 1.